The number of carbonyl (C=O) groups excluding carboxylic acids is 2. The number of hydrogen-bond donors (Lipinski definition) is 0. The van der Waals surface area contributed by atoms with E-state index in [1.165, 1.54) is 7.11 Å². The predicted octanol–water partition coefficient (Wildman–Crippen LogP) is 1.54. The third kappa shape index (κ3) is 1.54. The number of esters is 1. The SMILES string of the molecule is COC(=O)c1c(C2CCC2)noc1C=O. The Morgan fingerprint density at radius 1 is 1.60 bits per heavy atom. The molecule has 0 atom stereocenters. The highest BCUT2D eigenvalue weighted by atomic mass is 16.5. The summed E-state index contributed by atoms with van der Waals surface area (Å²) in [7, 11) is 1.27. The Morgan fingerprint density at radius 3 is 2.80 bits per heavy atom. The van der Waals surface area contributed by atoms with Crippen molar-refractivity contribution in [1.29, 1.82) is 0 Å². The highest BCUT2D eigenvalue weighted by molar-refractivity contribution is 5.97. The van der Waals surface area contributed by atoms with Gasteiger partial charge < -0.3 is 9.26 Å². The van der Waals surface area contributed by atoms with E-state index in [1.54, 1.807) is 0 Å². The third-order valence-corrected chi connectivity index (χ3v) is 2.73. The van der Waals surface area contributed by atoms with E-state index in [0.29, 0.717) is 12.0 Å². The molecule has 0 amide bonds. The van der Waals surface area contributed by atoms with Crippen molar-refractivity contribution in [3.63, 3.8) is 0 Å². The highest BCUT2D eigenvalue weighted by Crippen LogP contribution is 2.38. The van der Waals surface area contributed by atoms with Gasteiger partial charge in [-0.3, -0.25) is 4.79 Å². The lowest BCUT2D eigenvalue weighted by molar-refractivity contribution is 0.0594. The Morgan fingerprint density at radius 2 is 2.33 bits per heavy atom. The maximum Gasteiger partial charge on any atom is 0.343 e. The monoisotopic (exact) mass is 209 g/mol. The van der Waals surface area contributed by atoms with Crippen LogP contribution in [0.15, 0.2) is 4.52 Å². The van der Waals surface area contributed by atoms with Crippen molar-refractivity contribution in [1.82, 2.24) is 5.16 Å². The van der Waals surface area contributed by atoms with Crippen molar-refractivity contribution in [2.75, 3.05) is 7.11 Å². The fourth-order valence-electron chi connectivity index (χ4n) is 1.66. The number of aldehydes is 1. The van der Waals surface area contributed by atoms with E-state index >= 15 is 0 Å². The van der Waals surface area contributed by atoms with Gasteiger partial charge in [0.1, 0.15) is 11.3 Å². The maximum atomic E-state index is 11.4. The molecule has 15 heavy (non-hydrogen) atoms. The molecule has 0 unspecified atom stereocenters. The minimum absolute atomic E-state index is 0.0382. The zero-order chi connectivity index (χ0) is 10.8. The van der Waals surface area contributed by atoms with Gasteiger partial charge in [0.2, 0.25) is 5.76 Å². The van der Waals surface area contributed by atoms with Crippen LogP contribution in [0.3, 0.4) is 0 Å². The minimum atomic E-state index is -0.555. The zero-order valence-electron chi connectivity index (χ0n) is 8.36. The smallest absolute Gasteiger partial charge is 0.343 e. The average molecular weight is 209 g/mol. The molecule has 0 aliphatic heterocycles. The van der Waals surface area contributed by atoms with Crippen molar-refractivity contribution >= 4 is 12.3 Å². The summed E-state index contributed by atoms with van der Waals surface area (Å²) in [6, 6.07) is 0. The number of aromatic nitrogens is 1. The molecule has 80 valence electrons. The second kappa shape index (κ2) is 3.84. The molecule has 0 saturated heterocycles. The normalized spacial score (nSPS) is 15.8. The summed E-state index contributed by atoms with van der Waals surface area (Å²) in [4.78, 5) is 22.1. The van der Waals surface area contributed by atoms with E-state index in [0.717, 1.165) is 19.3 Å². The van der Waals surface area contributed by atoms with E-state index in [9.17, 15) is 9.59 Å². The largest absolute Gasteiger partial charge is 0.465 e. The summed E-state index contributed by atoms with van der Waals surface area (Å²) in [5.41, 5.74) is 0.757. The Balaban J connectivity index is 2.40. The quantitative estimate of drug-likeness (QED) is 0.557. The van der Waals surface area contributed by atoms with Crippen molar-refractivity contribution < 1.29 is 18.8 Å². The van der Waals surface area contributed by atoms with Crippen LogP contribution in [-0.4, -0.2) is 24.5 Å². The molecule has 1 aliphatic carbocycles. The molecule has 1 aromatic heterocycles. The summed E-state index contributed by atoms with van der Waals surface area (Å²) in [6.07, 6.45) is 3.57. The summed E-state index contributed by atoms with van der Waals surface area (Å²) in [6.45, 7) is 0. The van der Waals surface area contributed by atoms with Crippen LogP contribution in [0.2, 0.25) is 0 Å². The summed E-state index contributed by atoms with van der Waals surface area (Å²) in [5, 5.41) is 3.77. The Kier molecular flexibility index (Phi) is 2.53. The lowest BCUT2D eigenvalue weighted by atomic mass is 9.81. The number of methoxy groups -OCH3 is 1. The van der Waals surface area contributed by atoms with Gasteiger partial charge in [-0.05, 0) is 12.8 Å². The van der Waals surface area contributed by atoms with E-state index in [2.05, 4.69) is 9.89 Å². The summed E-state index contributed by atoms with van der Waals surface area (Å²) < 4.78 is 9.40. The molecule has 1 saturated carbocycles. The van der Waals surface area contributed by atoms with Gasteiger partial charge in [-0.15, -0.1) is 0 Å². The minimum Gasteiger partial charge on any atom is -0.465 e. The number of carbonyl (C=O) groups is 2. The summed E-state index contributed by atoms with van der Waals surface area (Å²) >= 11 is 0. The molecule has 0 radical (unpaired) electrons. The first-order valence-corrected chi connectivity index (χ1v) is 4.81. The van der Waals surface area contributed by atoms with Crippen LogP contribution in [0, 0.1) is 0 Å². The van der Waals surface area contributed by atoms with Crippen LogP contribution in [0.25, 0.3) is 0 Å². The molecule has 0 N–H and O–H groups in total. The van der Waals surface area contributed by atoms with Crippen LogP contribution in [0.1, 0.15) is 51.8 Å². The van der Waals surface area contributed by atoms with Gasteiger partial charge in [0.05, 0.1) is 7.11 Å². The first-order valence-electron chi connectivity index (χ1n) is 4.81. The van der Waals surface area contributed by atoms with Gasteiger partial charge in [0.15, 0.2) is 6.29 Å². The Hall–Kier alpha value is -1.65. The number of nitrogens with zero attached hydrogens (tertiary/aromatic N) is 1. The van der Waals surface area contributed by atoms with Crippen LogP contribution in [-0.2, 0) is 4.74 Å². The van der Waals surface area contributed by atoms with Crippen LogP contribution in [0.5, 0.6) is 0 Å². The number of ether oxygens (including phenoxy) is 1. The lowest BCUT2D eigenvalue weighted by Crippen LogP contribution is -2.15. The van der Waals surface area contributed by atoms with Gasteiger partial charge in [0.25, 0.3) is 0 Å². The average Bonchev–Trinajstić information content (AvgIpc) is 2.58. The van der Waals surface area contributed by atoms with Crippen LogP contribution in [0.4, 0.5) is 0 Å². The fraction of sp³-hybridized carbons (Fsp3) is 0.500. The fourth-order valence-corrected chi connectivity index (χ4v) is 1.66. The van der Waals surface area contributed by atoms with Crippen molar-refractivity contribution in [2.24, 2.45) is 0 Å². The van der Waals surface area contributed by atoms with Gasteiger partial charge in [-0.1, -0.05) is 11.6 Å². The molecular weight excluding hydrogens is 198 g/mol. The van der Waals surface area contributed by atoms with Crippen LogP contribution >= 0.6 is 0 Å². The van der Waals surface area contributed by atoms with Crippen molar-refractivity contribution in [3.05, 3.63) is 17.0 Å². The predicted molar refractivity (Wildman–Crippen MR) is 49.8 cm³/mol. The number of rotatable bonds is 3. The second-order valence-corrected chi connectivity index (χ2v) is 3.54. The van der Waals surface area contributed by atoms with Gasteiger partial charge in [-0.25, -0.2) is 4.79 Å². The van der Waals surface area contributed by atoms with E-state index in [4.69, 9.17) is 4.52 Å². The highest BCUT2D eigenvalue weighted by Gasteiger charge is 2.31. The van der Waals surface area contributed by atoms with E-state index in [-0.39, 0.29) is 17.2 Å². The first-order chi connectivity index (χ1) is 7.27. The molecule has 0 spiro atoms. The third-order valence-electron chi connectivity index (χ3n) is 2.73. The maximum absolute atomic E-state index is 11.4. The molecule has 1 aromatic rings. The molecule has 0 aromatic carbocycles. The van der Waals surface area contributed by atoms with Gasteiger partial charge in [0, 0.05) is 5.92 Å². The molecule has 5 nitrogen and oxygen atoms in total. The van der Waals surface area contributed by atoms with Crippen molar-refractivity contribution in [2.45, 2.75) is 25.2 Å². The first kappa shape index (κ1) is 9.89. The molecule has 2 rings (SSSR count). The Bertz CT molecular complexity index is 392. The molecule has 1 fully saturated rings. The van der Waals surface area contributed by atoms with Gasteiger partial charge >= 0.3 is 5.97 Å². The van der Waals surface area contributed by atoms with Crippen LogP contribution < -0.4 is 0 Å². The number of hydrogen-bond acceptors (Lipinski definition) is 5. The topological polar surface area (TPSA) is 69.4 Å². The molecular formula is C10H11NO4. The molecule has 0 bridgehead atoms. The van der Waals surface area contributed by atoms with E-state index < -0.39 is 5.97 Å². The second-order valence-electron chi connectivity index (χ2n) is 3.54. The lowest BCUT2D eigenvalue weighted by Gasteiger charge is -2.23. The van der Waals surface area contributed by atoms with E-state index in [1.807, 2.05) is 0 Å². The van der Waals surface area contributed by atoms with Gasteiger partial charge in [-0.2, -0.15) is 0 Å². The Labute approximate surface area is 86.4 Å². The molecule has 1 heterocycles. The standard InChI is InChI=1S/C10H11NO4/c1-14-10(13)8-7(5-12)15-11-9(8)6-3-2-4-6/h5-6H,2-4H2,1H3. The zero-order valence-corrected chi connectivity index (χ0v) is 8.36. The molecule has 5 heteroatoms. The van der Waals surface area contributed by atoms with Crippen molar-refractivity contribution in [3.8, 4) is 0 Å². The molecule has 1 aliphatic rings. The summed E-state index contributed by atoms with van der Waals surface area (Å²) in [5.74, 6) is -0.361.